The molecule has 0 saturated heterocycles. The standard InChI is InChI=1S/C22H15N3O4/c26-20-14-16(23-13-5-7-15-6-1-3-9-19(15)25(27)28)11-12-17(20)22-24-18-8-2-4-10-21(18)29-22/h1-14,26H/b7-5+,23-13?. The van der Waals surface area contributed by atoms with Gasteiger partial charge in [0.05, 0.1) is 21.7 Å². The highest BCUT2D eigenvalue weighted by Gasteiger charge is 2.12. The summed E-state index contributed by atoms with van der Waals surface area (Å²) in [6.45, 7) is 0. The summed E-state index contributed by atoms with van der Waals surface area (Å²) in [4.78, 5) is 19.2. The molecule has 0 aliphatic carbocycles. The highest BCUT2D eigenvalue weighted by Crippen LogP contribution is 2.33. The van der Waals surface area contributed by atoms with E-state index in [0.717, 1.165) is 0 Å². The third-order valence-corrected chi connectivity index (χ3v) is 4.22. The second kappa shape index (κ2) is 7.77. The number of benzene rings is 3. The van der Waals surface area contributed by atoms with Crippen LogP contribution in [-0.4, -0.2) is 21.2 Å². The summed E-state index contributed by atoms with van der Waals surface area (Å²) in [5.41, 5.74) is 2.86. The molecule has 0 bridgehead atoms. The second-order valence-electron chi connectivity index (χ2n) is 6.14. The van der Waals surface area contributed by atoms with Crippen LogP contribution in [0.15, 0.2) is 82.2 Å². The highest BCUT2D eigenvalue weighted by atomic mass is 16.6. The first-order valence-corrected chi connectivity index (χ1v) is 8.75. The predicted octanol–water partition coefficient (Wildman–Crippen LogP) is 5.52. The number of nitro benzene ring substituents is 1. The number of hydrogen-bond donors (Lipinski definition) is 1. The van der Waals surface area contributed by atoms with Crippen molar-refractivity contribution in [3.05, 3.63) is 88.5 Å². The lowest BCUT2D eigenvalue weighted by atomic mass is 10.1. The lowest BCUT2D eigenvalue weighted by molar-refractivity contribution is -0.385. The minimum absolute atomic E-state index is 0.00566. The maximum absolute atomic E-state index is 11.0. The van der Waals surface area contributed by atoms with Crippen LogP contribution in [0.3, 0.4) is 0 Å². The van der Waals surface area contributed by atoms with Crippen molar-refractivity contribution in [2.75, 3.05) is 0 Å². The van der Waals surface area contributed by atoms with Gasteiger partial charge < -0.3 is 9.52 Å². The zero-order chi connectivity index (χ0) is 20.2. The number of phenols is 1. The monoisotopic (exact) mass is 385 g/mol. The Kier molecular flexibility index (Phi) is 4.86. The van der Waals surface area contributed by atoms with Crippen LogP contribution in [0, 0.1) is 10.1 Å². The number of hydrogen-bond acceptors (Lipinski definition) is 6. The van der Waals surface area contributed by atoms with Gasteiger partial charge in [0, 0.05) is 18.3 Å². The Hall–Kier alpha value is -4.26. The third kappa shape index (κ3) is 3.89. The van der Waals surface area contributed by atoms with Gasteiger partial charge in [-0.1, -0.05) is 24.3 Å². The van der Waals surface area contributed by atoms with Crippen molar-refractivity contribution in [2.24, 2.45) is 4.99 Å². The molecular formula is C22H15N3O4. The number of aromatic hydroxyl groups is 1. The van der Waals surface area contributed by atoms with Crippen molar-refractivity contribution in [1.82, 2.24) is 4.98 Å². The zero-order valence-electron chi connectivity index (χ0n) is 15.1. The largest absolute Gasteiger partial charge is 0.507 e. The van der Waals surface area contributed by atoms with Gasteiger partial charge in [0.25, 0.3) is 5.69 Å². The van der Waals surface area contributed by atoms with Crippen LogP contribution in [0.5, 0.6) is 5.75 Å². The van der Waals surface area contributed by atoms with E-state index < -0.39 is 4.92 Å². The fourth-order valence-corrected chi connectivity index (χ4v) is 2.84. The summed E-state index contributed by atoms with van der Waals surface area (Å²) in [5, 5.41) is 21.4. The molecule has 0 unspecified atom stereocenters. The van der Waals surface area contributed by atoms with Crippen LogP contribution < -0.4 is 0 Å². The highest BCUT2D eigenvalue weighted by molar-refractivity contribution is 5.83. The average molecular weight is 385 g/mol. The van der Waals surface area contributed by atoms with Gasteiger partial charge in [-0.3, -0.25) is 15.1 Å². The minimum Gasteiger partial charge on any atom is -0.507 e. The summed E-state index contributed by atoms with van der Waals surface area (Å²) in [6.07, 6.45) is 4.72. The van der Waals surface area contributed by atoms with E-state index in [-0.39, 0.29) is 11.4 Å². The van der Waals surface area contributed by atoms with Crippen LogP contribution in [0.1, 0.15) is 5.56 Å². The number of phenolic OH excluding ortho intramolecular Hbond substituents is 1. The number of aliphatic imine (C=N–C) groups is 1. The Balaban J connectivity index is 1.53. The van der Waals surface area contributed by atoms with E-state index in [4.69, 9.17) is 4.42 Å². The Morgan fingerprint density at radius 1 is 1.07 bits per heavy atom. The van der Waals surface area contributed by atoms with Crippen molar-refractivity contribution < 1.29 is 14.4 Å². The van der Waals surface area contributed by atoms with E-state index >= 15 is 0 Å². The zero-order valence-corrected chi connectivity index (χ0v) is 15.1. The molecule has 3 aromatic carbocycles. The number of oxazole rings is 1. The summed E-state index contributed by atoms with van der Waals surface area (Å²) in [6, 6.07) is 18.7. The number of nitrogens with zero attached hydrogens (tertiary/aromatic N) is 3. The molecule has 1 heterocycles. The molecule has 7 nitrogen and oxygen atoms in total. The van der Waals surface area contributed by atoms with Crippen molar-refractivity contribution in [1.29, 1.82) is 0 Å². The van der Waals surface area contributed by atoms with E-state index in [9.17, 15) is 15.2 Å². The fourth-order valence-electron chi connectivity index (χ4n) is 2.84. The van der Waals surface area contributed by atoms with Crippen molar-refractivity contribution >= 4 is 34.8 Å². The number of nitro groups is 1. The van der Waals surface area contributed by atoms with Gasteiger partial charge in [0.1, 0.15) is 11.3 Å². The first kappa shape index (κ1) is 18.1. The van der Waals surface area contributed by atoms with Crippen molar-refractivity contribution in [3.63, 3.8) is 0 Å². The van der Waals surface area contributed by atoms with E-state index in [1.807, 2.05) is 24.3 Å². The van der Waals surface area contributed by atoms with Crippen LogP contribution in [0.4, 0.5) is 11.4 Å². The maximum atomic E-state index is 11.0. The molecule has 4 aromatic rings. The van der Waals surface area contributed by atoms with Crippen LogP contribution in [0.25, 0.3) is 28.6 Å². The van der Waals surface area contributed by atoms with Crippen LogP contribution in [-0.2, 0) is 0 Å². The number of para-hydroxylation sites is 3. The van der Waals surface area contributed by atoms with Gasteiger partial charge in [-0.25, -0.2) is 4.98 Å². The predicted molar refractivity (Wildman–Crippen MR) is 111 cm³/mol. The first-order chi connectivity index (χ1) is 14.1. The summed E-state index contributed by atoms with van der Waals surface area (Å²) in [7, 11) is 0. The number of aromatic nitrogens is 1. The van der Waals surface area contributed by atoms with Gasteiger partial charge in [-0.15, -0.1) is 0 Å². The van der Waals surface area contributed by atoms with E-state index in [0.29, 0.717) is 33.8 Å². The Morgan fingerprint density at radius 3 is 2.66 bits per heavy atom. The molecule has 1 aromatic heterocycles. The molecule has 29 heavy (non-hydrogen) atoms. The van der Waals surface area contributed by atoms with Gasteiger partial charge in [0.15, 0.2) is 5.58 Å². The molecule has 7 heteroatoms. The van der Waals surface area contributed by atoms with Gasteiger partial charge in [-0.05, 0) is 42.5 Å². The first-order valence-electron chi connectivity index (χ1n) is 8.75. The Bertz CT molecular complexity index is 1220. The lowest BCUT2D eigenvalue weighted by Crippen LogP contribution is -1.90. The summed E-state index contributed by atoms with van der Waals surface area (Å²) in [5.74, 6) is 0.324. The molecule has 1 N–H and O–H groups in total. The molecule has 0 aliphatic heterocycles. The summed E-state index contributed by atoms with van der Waals surface area (Å²) >= 11 is 0. The molecule has 0 aliphatic rings. The molecular weight excluding hydrogens is 370 g/mol. The third-order valence-electron chi connectivity index (χ3n) is 4.22. The van der Waals surface area contributed by atoms with Crippen LogP contribution in [0.2, 0.25) is 0 Å². The number of rotatable bonds is 5. The SMILES string of the molecule is O=[N+]([O-])c1ccccc1/C=C/C=Nc1ccc(-c2nc3ccccc3o2)c(O)c1. The molecule has 0 atom stereocenters. The molecule has 0 amide bonds. The molecule has 0 fully saturated rings. The number of allylic oxidation sites excluding steroid dienone is 1. The smallest absolute Gasteiger partial charge is 0.276 e. The topological polar surface area (TPSA) is 102 Å². The van der Waals surface area contributed by atoms with Crippen LogP contribution >= 0.6 is 0 Å². The molecule has 142 valence electrons. The van der Waals surface area contributed by atoms with Gasteiger partial charge in [0.2, 0.25) is 5.89 Å². The molecule has 0 saturated carbocycles. The van der Waals surface area contributed by atoms with Crippen molar-refractivity contribution in [3.8, 4) is 17.2 Å². The van der Waals surface area contributed by atoms with Gasteiger partial charge in [-0.2, -0.15) is 0 Å². The van der Waals surface area contributed by atoms with E-state index in [1.54, 1.807) is 42.5 Å². The average Bonchev–Trinajstić information content (AvgIpc) is 3.15. The van der Waals surface area contributed by atoms with Gasteiger partial charge >= 0.3 is 0 Å². The number of fused-ring (bicyclic) bond motifs is 1. The Morgan fingerprint density at radius 2 is 1.86 bits per heavy atom. The van der Waals surface area contributed by atoms with E-state index in [2.05, 4.69) is 9.98 Å². The molecule has 4 rings (SSSR count). The normalized spacial score (nSPS) is 11.6. The fraction of sp³-hybridized carbons (Fsp3) is 0. The van der Waals surface area contributed by atoms with E-state index in [1.165, 1.54) is 18.3 Å². The van der Waals surface area contributed by atoms with Crippen molar-refractivity contribution in [2.45, 2.75) is 0 Å². The maximum Gasteiger partial charge on any atom is 0.276 e. The molecule has 0 radical (unpaired) electrons. The quantitative estimate of drug-likeness (QED) is 0.277. The molecule has 0 spiro atoms. The second-order valence-corrected chi connectivity index (χ2v) is 6.14. The lowest BCUT2D eigenvalue weighted by Gasteiger charge is -2.01. The Labute approximate surface area is 165 Å². The minimum atomic E-state index is -0.431. The summed E-state index contributed by atoms with van der Waals surface area (Å²) < 4.78 is 5.68.